The predicted molar refractivity (Wildman–Crippen MR) is 87.1 cm³/mol. The van der Waals surface area contributed by atoms with Gasteiger partial charge in [-0.05, 0) is 23.9 Å². The summed E-state index contributed by atoms with van der Waals surface area (Å²) in [5.41, 5.74) is 3.01. The lowest BCUT2D eigenvalue weighted by molar-refractivity contribution is -0.124. The Kier molecular flexibility index (Phi) is 3.99. The number of nitrogens with zero attached hydrogens (tertiary/aromatic N) is 1. The number of para-hydroxylation sites is 1. The summed E-state index contributed by atoms with van der Waals surface area (Å²) in [6.45, 7) is 0. The molecule has 3 rings (SSSR count). The van der Waals surface area contributed by atoms with Gasteiger partial charge in [-0.1, -0.05) is 18.2 Å². The van der Waals surface area contributed by atoms with Gasteiger partial charge in [0.05, 0.1) is 29.2 Å². The number of sulfone groups is 1. The number of aromatic nitrogens is 1. The fourth-order valence-electron chi connectivity index (χ4n) is 2.52. The fraction of sp³-hybridized carbons (Fsp3) is 0.267. The Morgan fingerprint density at radius 3 is 2.87 bits per heavy atom. The smallest absolute Gasteiger partial charge is 0.257 e. The highest BCUT2D eigenvalue weighted by atomic mass is 32.2. The molecule has 7 nitrogen and oxygen atoms in total. The van der Waals surface area contributed by atoms with Crippen molar-refractivity contribution in [3.63, 3.8) is 0 Å². The molecule has 1 amide bonds. The average molecular weight is 333 g/mol. The van der Waals surface area contributed by atoms with Crippen LogP contribution >= 0.6 is 0 Å². The van der Waals surface area contributed by atoms with Gasteiger partial charge < -0.3 is 4.98 Å². The molecule has 1 aliphatic rings. The van der Waals surface area contributed by atoms with Crippen LogP contribution in [0.25, 0.3) is 10.9 Å². The van der Waals surface area contributed by atoms with Crippen LogP contribution in [0.2, 0.25) is 0 Å². The van der Waals surface area contributed by atoms with Crippen LogP contribution in [-0.2, 0) is 14.6 Å². The number of rotatable bonds is 3. The Morgan fingerprint density at radius 1 is 1.35 bits per heavy atom. The molecule has 0 spiro atoms. The van der Waals surface area contributed by atoms with E-state index in [-0.39, 0.29) is 17.1 Å². The third-order valence-electron chi connectivity index (χ3n) is 3.76. The monoisotopic (exact) mass is 333 g/mol. The van der Waals surface area contributed by atoms with Gasteiger partial charge in [-0.25, -0.2) is 13.8 Å². The maximum atomic E-state index is 11.9. The zero-order chi connectivity index (χ0) is 16.4. The van der Waals surface area contributed by atoms with Crippen molar-refractivity contribution >= 4 is 32.9 Å². The molecule has 1 fully saturated rings. The number of amides is 1. The Labute approximate surface area is 132 Å². The van der Waals surface area contributed by atoms with Crippen molar-refractivity contribution in [1.29, 1.82) is 0 Å². The van der Waals surface area contributed by atoms with Gasteiger partial charge in [0.25, 0.3) is 5.56 Å². The Bertz CT molecular complexity index is 947. The highest BCUT2D eigenvalue weighted by molar-refractivity contribution is 7.91. The second-order valence-corrected chi connectivity index (χ2v) is 7.70. The van der Waals surface area contributed by atoms with Crippen LogP contribution in [0.5, 0.6) is 0 Å². The molecule has 2 heterocycles. The second-order valence-electron chi connectivity index (χ2n) is 5.48. The molecule has 8 heteroatoms. The van der Waals surface area contributed by atoms with Gasteiger partial charge in [0.15, 0.2) is 9.84 Å². The SMILES string of the molecule is O=C(N/N=C/c1cc2ccccc2[nH]c1=O)[C@@H]1CCS(=O)(=O)C1. The zero-order valence-electron chi connectivity index (χ0n) is 12.2. The molecular weight excluding hydrogens is 318 g/mol. The average Bonchev–Trinajstić information content (AvgIpc) is 2.88. The number of nitrogens with one attached hydrogen (secondary N) is 2. The van der Waals surface area contributed by atoms with Crippen molar-refractivity contribution in [3.05, 3.63) is 46.2 Å². The van der Waals surface area contributed by atoms with Crippen LogP contribution in [0.1, 0.15) is 12.0 Å². The van der Waals surface area contributed by atoms with Gasteiger partial charge in [-0.15, -0.1) is 0 Å². The van der Waals surface area contributed by atoms with E-state index in [9.17, 15) is 18.0 Å². The zero-order valence-corrected chi connectivity index (χ0v) is 13.0. The minimum Gasteiger partial charge on any atom is -0.321 e. The highest BCUT2D eigenvalue weighted by Crippen LogP contribution is 2.18. The topological polar surface area (TPSA) is 108 Å². The second kappa shape index (κ2) is 5.96. The van der Waals surface area contributed by atoms with Crippen LogP contribution in [0, 0.1) is 5.92 Å². The van der Waals surface area contributed by atoms with Crippen molar-refractivity contribution in [2.24, 2.45) is 11.0 Å². The molecule has 2 aromatic rings. The molecule has 0 bridgehead atoms. The van der Waals surface area contributed by atoms with Gasteiger partial charge in [0, 0.05) is 5.52 Å². The lowest BCUT2D eigenvalue weighted by Gasteiger charge is -2.04. The van der Waals surface area contributed by atoms with Crippen molar-refractivity contribution in [3.8, 4) is 0 Å². The van der Waals surface area contributed by atoms with Gasteiger partial charge in [-0.2, -0.15) is 5.10 Å². The lowest BCUT2D eigenvalue weighted by Crippen LogP contribution is -2.28. The van der Waals surface area contributed by atoms with Crippen LogP contribution in [0.3, 0.4) is 0 Å². The summed E-state index contributed by atoms with van der Waals surface area (Å²) in [4.78, 5) is 26.5. The van der Waals surface area contributed by atoms with E-state index in [4.69, 9.17) is 0 Å². The summed E-state index contributed by atoms with van der Waals surface area (Å²) in [6.07, 6.45) is 1.56. The van der Waals surface area contributed by atoms with E-state index in [1.807, 2.05) is 18.2 Å². The normalized spacial score (nSPS) is 20.1. The number of hydrazone groups is 1. The third-order valence-corrected chi connectivity index (χ3v) is 5.53. The molecule has 0 radical (unpaired) electrons. The standard InChI is InChI=1S/C15H15N3O4S/c19-14-12(7-10-3-1-2-4-13(10)17-14)8-16-18-15(20)11-5-6-23(21,22)9-11/h1-4,7-8,11H,5-6,9H2,(H,17,19)(H,18,20)/b16-8+/t11-/m1/s1. The van der Waals surface area contributed by atoms with Crippen molar-refractivity contribution in [2.45, 2.75) is 6.42 Å². The maximum absolute atomic E-state index is 11.9. The number of aromatic amines is 1. The Balaban J connectivity index is 1.72. The molecule has 1 atom stereocenters. The van der Waals surface area contributed by atoms with Gasteiger partial charge in [0.2, 0.25) is 5.91 Å². The first-order valence-corrected chi connectivity index (χ1v) is 8.92. The number of carbonyl (C=O) groups excluding carboxylic acids is 1. The predicted octanol–water partition coefficient (Wildman–Crippen LogP) is 0.413. The molecule has 23 heavy (non-hydrogen) atoms. The summed E-state index contributed by atoms with van der Waals surface area (Å²) in [6, 6.07) is 8.99. The molecule has 0 aliphatic carbocycles. The summed E-state index contributed by atoms with van der Waals surface area (Å²) in [7, 11) is -3.12. The molecule has 1 aromatic heterocycles. The van der Waals surface area contributed by atoms with Gasteiger partial charge in [0.1, 0.15) is 0 Å². The summed E-state index contributed by atoms with van der Waals surface area (Å²) < 4.78 is 22.7. The summed E-state index contributed by atoms with van der Waals surface area (Å²) in [5, 5.41) is 4.61. The molecular formula is C15H15N3O4S. The molecule has 120 valence electrons. The van der Waals surface area contributed by atoms with E-state index in [0.717, 1.165) is 10.9 Å². The first kappa shape index (κ1) is 15.4. The number of pyridine rings is 1. The Morgan fingerprint density at radius 2 is 2.13 bits per heavy atom. The number of H-pyrrole nitrogens is 1. The van der Waals surface area contributed by atoms with E-state index < -0.39 is 21.7 Å². The van der Waals surface area contributed by atoms with Crippen LogP contribution < -0.4 is 11.0 Å². The number of fused-ring (bicyclic) bond motifs is 1. The molecule has 1 aromatic carbocycles. The molecule has 1 saturated heterocycles. The van der Waals surface area contributed by atoms with Crippen LogP contribution in [0.4, 0.5) is 0 Å². The van der Waals surface area contributed by atoms with Crippen molar-refractivity contribution in [2.75, 3.05) is 11.5 Å². The van der Waals surface area contributed by atoms with Gasteiger partial charge in [-0.3, -0.25) is 9.59 Å². The van der Waals surface area contributed by atoms with Crippen LogP contribution in [0.15, 0.2) is 40.2 Å². The first-order chi connectivity index (χ1) is 10.9. The van der Waals surface area contributed by atoms with E-state index in [2.05, 4.69) is 15.5 Å². The third kappa shape index (κ3) is 3.48. The van der Waals surface area contributed by atoms with E-state index >= 15 is 0 Å². The van der Waals surface area contributed by atoms with E-state index in [0.29, 0.717) is 12.0 Å². The maximum Gasteiger partial charge on any atom is 0.257 e. The molecule has 0 unspecified atom stereocenters. The van der Waals surface area contributed by atoms with E-state index in [1.54, 1.807) is 12.1 Å². The molecule has 2 N–H and O–H groups in total. The van der Waals surface area contributed by atoms with Crippen molar-refractivity contribution < 1.29 is 13.2 Å². The summed E-state index contributed by atoms with van der Waals surface area (Å²) >= 11 is 0. The Hall–Kier alpha value is -2.48. The largest absolute Gasteiger partial charge is 0.321 e. The number of hydrogen-bond donors (Lipinski definition) is 2. The lowest BCUT2D eigenvalue weighted by atomic mass is 10.1. The van der Waals surface area contributed by atoms with E-state index in [1.165, 1.54) is 6.21 Å². The number of carbonyl (C=O) groups is 1. The quantitative estimate of drug-likeness (QED) is 0.626. The molecule has 1 aliphatic heterocycles. The summed E-state index contributed by atoms with van der Waals surface area (Å²) in [5.74, 6) is -1.14. The fourth-order valence-corrected chi connectivity index (χ4v) is 4.26. The first-order valence-electron chi connectivity index (χ1n) is 7.10. The minimum atomic E-state index is -3.12. The van der Waals surface area contributed by atoms with Crippen LogP contribution in [-0.4, -0.2) is 37.0 Å². The minimum absolute atomic E-state index is 0.0269. The van der Waals surface area contributed by atoms with Gasteiger partial charge >= 0.3 is 0 Å². The number of benzene rings is 1. The number of hydrogen-bond acceptors (Lipinski definition) is 5. The highest BCUT2D eigenvalue weighted by Gasteiger charge is 2.32. The van der Waals surface area contributed by atoms with Crippen molar-refractivity contribution in [1.82, 2.24) is 10.4 Å². The molecule has 0 saturated carbocycles.